The van der Waals surface area contributed by atoms with Crippen LogP contribution in [0.5, 0.6) is 5.75 Å². The zero-order valence-corrected chi connectivity index (χ0v) is 10.3. The Morgan fingerprint density at radius 3 is 2.94 bits per heavy atom. The summed E-state index contributed by atoms with van der Waals surface area (Å²) in [6, 6.07) is 6.09. The Bertz CT molecular complexity index is 361. The highest BCUT2D eigenvalue weighted by molar-refractivity contribution is 5.37. The van der Waals surface area contributed by atoms with Crippen LogP contribution < -0.4 is 10.1 Å². The van der Waals surface area contributed by atoms with Gasteiger partial charge in [0, 0.05) is 6.04 Å². The largest absolute Gasteiger partial charge is 0.496 e. The van der Waals surface area contributed by atoms with E-state index in [-0.39, 0.29) is 0 Å². The van der Waals surface area contributed by atoms with E-state index in [0.29, 0.717) is 6.04 Å². The van der Waals surface area contributed by atoms with Crippen LogP contribution >= 0.6 is 0 Å². The van der Waals surface area contributed by atoms with Crippen molar-refractivity contribution in [2.24, 2.45) is 0 Å². The first-order chi connectivity index (χ1) is 8.33. The molecule has 1 saturated heterocycles. The lowest BCUT2D eigenvalue weighted by Crippen LogP contribution is -2.35. The molecule has 1 aliphatic heterocycles. The third kappa shape index (κ3) is 3.19. The van der Waals surface area contributed by atoms with Gasteiger partial charge in [-0.05, 0) is 49.1 Å². The molecule has 0 bridgehead atoms. The van der Waals surface area contributed by atoms with E-state index >= 15 is 0 Å². The molecular weight excluding hydrogens is 217 g/mol. The second-order valence-corrected chi connectivity index (χ2v) is 4.63. The SMILES string of the molecule is COc1ccc(CF)cc1CC1CCCCN1. The molecule has 0 amide bonds. The summed E-state index contributed by atoms with van der Waals surface area (Å²) in [6.45, 7) is 0.685. The molecule has 1 fully saturated rings. The van der Waals surface area contributed by atoms with Crippen molar-refractivity contribution < 1.29 is 9.13 Å². The molecule has 1 aromatic rings. The Labute approximate surface area is 102 Å². The number of hydrogen-bond donors (Lipinski definition) is 1. The number of nitrogens with one attached hydrogen (secondary N) is 1. The predicted molar refractivity (Wildman–Crippen MR) is 67.2 cm³/mol. The van der Waals surface area contributed by atoms with Gasteiger partial charge in [-0.15, -0.1) is 0 Å². The van der Waals surface area contributed by atoms with Crippen molar-refractivity contribution in [2.75, 3.05) is 13.7 Å². The molecule has 2 rings (SSSR count). The van der Waals surface area contributed by atoms with Crippen LogP contribution in [-0.2, 0) is 13.1 Å². The molecule has 1 N–H and O–H groups in total. The van der Waals surface area contributed by atoms with Crippen LogP contribution in [0.1, 0.15) is 30.4 Å². The Balaban J connectivity index is 2.11. The molecular formula is C14H20FNO. The van der Waals surface area contributed by atoms with E-state index in [4.69, 9.17) is 4.74 Å². The van der Waals surface area contributed by atoms with Gasteiger partial charge in [0.05, 0.1) is 7.11 Å². The molecule has 94 valence electrons. The average molecular weight is 237 g/mol. The van der Waals surface area contributed by atoms with Crippen LogP contribution in [0.25, 0.3) is 0 Å². The van der Waals surface area contributed by atoms with Gasteiger partial charge in [-0.3, -0.25) is 0 Å². The van der Waals surface area contributed by atoms with Crippen LogP contribution in [0.2, 0.25) is 0 Å². The molecule has 1 atom stereocenters. The summed E-state index contributed by atoms with van der Waals surface area (Å²) >= 11 is 0. The first-order valence-corrected chi connectivity index (χ1v) is 6.28. The first kappa shape index (κ1) is 12.4. The molecule has 1 aromatic carbocycles. The van der Waals surface area contributed by atoms with Crippen LogP contribution in [0.3, 0.4) is 0 Å². The zero-order chi connectivity index (χ0) is 12.1. The first-order valence-electron chi connectivity index (χ1n) is 6.28. The number of ether oxygens (including phenoxy) is 1. The summed E-state index contributed by atoms with van der Waals surface area (Å²) in [5, 5.41) is 3.51. The summed E-state index contributed by atoms with van der Waals surface area (Å²) in [4.78, 5) is 0. The van der Waals surface area contributed by atoms with E-state index in [1.165, 1.54) is 19.3 Å². The highest BCUT2D eigenvalue weighted by atomic mass is 19.1. The van der Waals surface area contributed by atoms with Crippen molar-refractivity contribution in [3.63, 3.8) is 0 Å². The molecule has 17 heavy (non-hydrogen) atoms. The number of hydrogen-bond acceptors (Lipinski definition) is 2. The second kappa shape index (κ2) is 6.01. The molecule has 1 aliphatic rings. The lowest BCUT2D eigenvalue weighted by atomic mass is 9.96. The highest BCUT2D eigenvalue weighted by Gasteiger charge is 2.15. The molecule has 0 spiro atoms. The molecule has 0 aliphatic carbocycles. The Kier molecular flexibility index (Phi) is 4.37. The van der Waals surface area contributed by atoms with Crippen LogP contribution in [-0.4, -0.2) is 19.7 Å². The maximum atomic E-state index is 12.7. The van der Waals surface area contributed by atoms with Gasteiger partial charge in [0.2, 0.25) is 0 Å². The molecule has 3 heteroatoms. The lowest BCUT2D eigenvalue weighted by molar-refractivity contribution is 0.381. The normalized spacial score (nSPS) is 20.2. The van der Waals surface area contributed by atoms with E-state index in [0.717, 1.165) is 29.8 Å². The number of rotatable bonds is 4. The second-order valence-electron chi connectivity index (χ2n) is 4.63. The highest BCUT2D eigenvalue weighted by Crippen LogP contribution is 2.23. The Morgan fingerprint density at radius 1 is 1.41 bits per heavy atom. The van der Waals surface area contributed by atoms with Gasteiger partial charge in [-0.1, -0.05) is 12.5 Å². The van der Waals surface area contributed by atoms with Gasteiger partial charge in [0.15, 0.2) is 0 Å². The number of benzene rings is 1. The molecule has 0 aromatic heterocycles. The topological polar surface area (TPSA) is 21.3 Å². The Morgan fingerprint density at radius 2 is 2.29 bits per heavy atom. The van der Waals surface area contributed by atoms with Crippen molar-refractivity contribution in [2.45, 2.75) is 38.4 Å². The minimum Gasteiger partial charge on any atom is -0.496 e. The molecule has 0 radical (unpaired) electrons. The molecule has 0 saturated carbocycles. The van der Waals surface area contributed by atoms with Crippen molar-refractivity contribution in [1.82, 2.24) is 5.32 Å². The summed E-state index contributed by atoms with van der Waals surface area (Å²) < 4.78 is 18.0. The predicted octanol–water partition coefficient (Wildman–Crippen LogP) is 2.85. The Hall–Kier alpha value is -1.09. The van der Waals surface area contributed by atoms with Crippen molar-refractivity contribution in [1.29, 1.82) is 0 Å². The maximum absolute atomic E-state index is 12.7. The summed E-state index contributed by atoms with van der Waals surface area (Å²) in [5.74, 6) is 0.870. The van der Waals surface area contributed by atoms with Gasteiger partial charge in [0.25, 0.3) is 0 Å². The van der Waals surface area contributed by atoms with Crippen molar-refractivity contribution in [3.8, 4) is 5.75 Å². The van der Waals surface area contributed by atoms with Gasteiger partial charge < -0.3 is 10.1 Å². The molecule has 2 nitrogen and oxygen atoms in total. The van der Waals surface area contributed by atoms with Gasteiger partial charge in [-0.2, -0.15) is 0 Å². The standard InChI is InChI=1S/C14H20FNO/c1-17-14-6-5-11(10-15)8-12(14)9-13-4-2-3-7-16-13/h5-6,8,13,16H,2-4,7,9-10H2,1H3. The lowest BCUT2D eigenvalue weighted by Gasteiger charge is -2.24. The van der Waals surface area contributed by atoms with Gasteiger partial charge in [-0.25, -0.2) is 4.39 Å². The number of methoxy groups -OCH3 is 1. The number of alkyl halides is 1. The smallest absolute Gasteiger partial charge is 0.122 e. The minimum absolute atomic E-state index is 0.408. The van der Waals surface area contributed by atoms with E-state index in [9.17, 15) is 4.39 Å². The summed E-state index contributed by atoms with van der Waals surface area (Å²) in [7, 11) is 1.67. The monoisotopic (exact) mass is 237 g/mol. The fraction of sp³-hybridized carbons (Fsp3) is 0.571. The van der Waals surface area contributed by atoms with Crippen molar-refractivity contribution in [3.05, 3.63) is 29.3 Å². The van der Waals surface area contributed by atoms with Crippen LogP contribution in [0, 0.1) is 0 Å². The van der Waals surface area contributed by atoms with E-state index in [2.05, 4.69) is 5.32 Å². The molecule has 1 heterocycles. The van der Waals surface area contributed by atoms with Crippen LogP contribution in [0.15, 0.2) is 18.2 Å². The van der Waals surface area contributed by atoms with Crippen LogP contribution in [0.4, 0.5) is 4.39 Å². The summed E-state index contributed by atoms with van der Waals surface area (Å²) in [5.41, 5.74) is 1.85. The van der Waals surface area contributed by atoms with E-state index < -0.39 is 6.67 Å². The third-order valence-corrected chi connectivity index (χ3v) is 3.38. The average Bonchev–Trinajstić information content (AvgIpc) is 2.40. The fourth-order valence-corrected chi connectivity index (χ4v) is 2.44. The van der Waals surface area contributed by atoms with E-state index in [1.807, 2.05) is 12.1 Å². The quantitative estimate of drug-likeness (QED) is 0.869. The van der Waals surface area contributed by atoms with Gasteiger partial charge in [0.1, 0.15) is 12.4 Å². The minimum atomic E-state index is -0.408. The number of halogens is 1. The van der Waals surface area contributed by atoms with Gasteiger partial charge >= 0.3 is 0 Å². The van der Waals surface area contributed by atoms with Crippen molar-refractivity contribution >= 4 is 0 Å². The van der Waals surface area contributed by atoms with E-state index in [1.54, 1.807) is 13.2 Å². The third-order valence-electron chi connectivity index (χ3n) is 3.38. The maximum Gasteiger partial charge on any atom is 0.122 e. The zero-order valence-electron chi connectivity index (χ0n) is 10.3. The fourth-order valence-electron chi connectivity index (χ4n) is 2.44. The summed E-state index contributed by atoms with van der Waals surface area (Å²) in [6.07, 6.45) is 4.67. The molecule has 1 unspecified atom stereocenters. The number of piperidine rings is 1.